The number of amides is 2. The van der Waals surface area contributed by atoms with E-state index in [1.54, 1.807) is 9.80 Å². The Kier molecular flexibility index (Phi) is 5.24. The molecular weight excluding hydrogens is 363 g/mol. The van der Waals surface area contributed by atoms with Crippen molar-refractivity contribution in [2.75, 3.05) is 31.5 Å². The van der Waals surface area contributed by atoms with Gasteiger partial charge in [-0.1, -0.05) is 0 Å². The van der Waals surface area contributed by atoms with Crippen LogP contribution in [0.2, 0.25) is 0 Å². The lowest BCUT2D eigenvalue weighted by molar-refractivity contribution is -0.130. The molecule has 0 atom stereocenters. The molecule has 1 N–H and O–H groups in total. The molecule has 1 saturated heterocycles. The standard InChI is InChI=1S/C17H16F3N5O2/c1-10(26)24-4-6-25(7-5-24)16(27)11-8-21-17(22-9-11)23-13-3-2-12(18)14(19)15(13)20/h2-3,8-9H,4-7H2,1H3,(H,21,22,23). The van der Waals surface area contributed by atoms with Crippen LogP contribution >= 0.6 is 0 Å². The minimum atomic E-state index is -1.60. The van der Waals surface area contributed by atoms with Crippen molar-refractivity contribution >= 4 is 23.5 Å². The normalized spacial score (nSPS) is 14.2. The van der Waals surface area contributed by atoms with Gasteiger partial charge in [0.25, 0.3) is 5.91 Å². The monoisotopic (exact) mass is 379 g/mol. The van der Waals surface area contributed by atoms with Crippen molar-refractivity contribution in [3.05, 3.63) is 47.5 Å². The number of carbonyl (C=O) groups is 2. The van der Waals surface area contributed by atoms with E-state index in [1.807, 2.05) is 0 Å². The molecule has 2 heterocycles. The number of nitrogens with zero attached hydrogens (tertiary/aromatic N) is 4. The number of hydrogen-bond donors (Lipinski definition) is 1. The minimum absolute atomic E-state index is 0.0367. The molecule has 7 nitrogen and oxygen atoms in total. The number of anilines is 2. The first-order valence-corrected chi connectivity index (χ1v) is 8.14. The lowest BCUT2D eigenvalue weighted by Gasteiger charge is -2.34. The molecule has 27 heavy (non-hydrogen) atoms. The molecule has 3 rings (SSSR count). The van der Waals surface area contributed by atoms with Crippen molar-refractivity contribution < 1.29 is 22.8 Å². The summed E-state index contributed by atoms with van der Waals surface area (Å²) in [5.74, 6) is -4.68. The second-order valence-electron chi connectivity index (χ2n) is 5.94. The predicted octanol–water partition coefficient (Wildman–Crippen LogP) is 1.94. The van der Waals surface area contributed by atoms with E-state index in [2.05, 4.69) is 15.3 Å². The van der Waals surface area contributed by atoms with Crippen LogP contribution in [0.5, 0.6) is 0 Å². The second kappa shape index (κ2) is 7.60. The molecule has 0 saturated carbocycles. The Morgan fingerprint density at radius 1 is 0.963 bits per heavy atom. The number of hydrogen-bond acceptors (Lipinski definition) is 5. The van der Waals surface area contributed by atoms with E-state index in [9.17, 15) is 22.8 Å². The fraction of sp³-hybridized carbons (Fsp3) is 0.294. The maximum absolute atomic E-state index is 13.7. The van der Waals surface area contributed by atoms with Crippen LogP contribution in [0.4, 0.5) is 24.8 Å². The van der Waals surface area contributed by atoms with Gasteiger partial charge in [-0.3, -0.25) is 9.59 Å². The topological polar surface area (TPSA) is 78.4 Å². The molecule has 2 amide bonds. The molecule has 1 aromatic carbocycles. The quantitative estimate of drug-likeness (QED) is 0.825. The van der Waals surface area contributed by atoms with Gasteiger partial charge in [-0.05, 0) is 12.1 Å². The Morgan fingerprint density at radius 3 is 2.15 bits per heavy atom. The maximum atomic E-state index is 13.7. The highest BCUT2D eigenvalue weighted by Gasteiger charge is 2.23. The zero-order valence-corrected chi connectivity index (χ0v) is 14.4. The molecule has 1 fully saturated rings. The summed E-state index contributed by atoms with van der Waals surface area (Å²) in [5.41, 5.74) is -0.101. The van der Waals surface area contributed by atoms with Gasteiger partial charge in [-0.2, -0.15) is 0 Å². The molecule has 0 radical (unpaired) electrons. The van der Waals surface area contributed by atoms with Crippen molar-refractivity contribution in [1.82, 2.24) is 19.8 Å². The number of benzene rings is 1. The van der Waals surface area contributed by atoms with E-state index < -0.39 is 17.5 Å². The van der Waals surface area contributed by atoms with Crippen molar-refractivity contribution in [2.45, 2.75) is 6.92 Å². The van der Waals surface area contributed by atoms with Gasteiger partial charge in [0.1, 0.15) is 0 Å². The third kappa shape index (κ3) is 3.99. The number of rotatable bonds is 3. The predicted molar refractivity (Wildman–Crippen MR) is 89.8 cm³/mol. The van der Waals surface area contributed by atoms with Gasteiger partial charge in [0, 0.05) is 45.5 Å². The molecule has 1 aromatic heterocycles. The van der Waals surface area contributed by atoms with Crippen LogP contribution in [-0.2, 0) is 4.79 Å². The van der Waals surface area contributed by atoms with Crippen molar-refractivity contribution in [3.8, 4) is 0 Å². The van der Waals surface area contributed by atoms with Gasteiger partial charge < -0.3 is 15.1 Å². The lowest BCUT2D eigenvalue weighted by Crippen LogP contribution is -2.50. The summed E-state index contributed by atoms with van der Waals surface area (Å²) in [4.78, 5) is 34.8. The van der Waals surface area contributed by atoms with Crippen molar-refractivity contribution in [3.63, 3.8) is 0 Å². The van der Waals surface area contributed by atoms with Crippen molar-refractivity contribution in [2.24, 2.45) is 0 Å². The molecule has 0 bridgehead atoms. The summed E-state index contributed by atoms with van der Waals surface area (Å²) < 4.78 is 39.9. The van der Waals surface area contributed by atoms with E-state index >= 15 is 0 Å². The number of halogens is 3. The van der Waals surface area contributed by atoms with Gasteiger partial charge >= 0.3 is 0 Å². The van der Waals surface area contributed by atoms with Crippen LogP contribution in [0.1, 0.15) is 17.3 Å². The van der Waals surface area contributed by atoms with Crippen LogP contribution in [0.25, 0.3) is 0 Å². The summed E-state index contributed by atoms with van der Waals surface area (Å²) in [6.45, 7) is 3.19. The largest absolute Gasteiger partial charge is 0.339 e. The molecule has 2 aromatic rings. The van der Waals surface area contributed by atoms with Crippen LogP contribution in [0.3, 0.4) is 0 Å². The first kappa shape index (κ1) is 18.6. The van der Waals surface area contributed by atoms with E-state index in [0.29, 0.717) is 26.2 Å². The van der Waals surface area contributed by atoms with Gasteiger partial charge in [0.05, 0.1) is 11.3 Å². The summed E-state index contributed by atoms with van der Waals surface area (Å²) in [6.07, 6.45) is 2.51. The molecule has 1 aliphatic heterocycles. The van der Waals surface area contributed by atoms with Crippen molar-refractivity contribution in [1.29, 1.82) is 0 Å². The Hall–Kier alpha value is -3.17. The van der Waals surface area contributed by atoms with Crippen LogP contribution < -0.4 is 5.32 Å². The number of aromatic nitrogens is 2. The Balaban J connectivity index is 1.66. The van der Waals surface area contributed by atoms with Crippen LogP contribution in [-0.4, -0.2) is 57.8 Å². The van der Waals surface area contributed by atoms with Gasteiger partial charge in [-0.25, -0.2) is 23.1 Å². The molecule has 10 heteroatoms. The first-order chi connectivity index (χ1) is 12.9. The van der Waals surface area contributed by atoms with E-state index in [-0.39, 0.29) is 29.0 Å². The summed E-state index contributed by atoms with van der Waals surface area (Å²) in [5, 5.41) is 2.43. The zero-order chi connectivity index (χ0) is 19.6. The second-order valence-corrected chi connectivity index (χ2v) is 5.94. The Morgan fingerprint density at radius 2 is 1.56 bits per heavy atom. The summed E-state index contributed by atoms with van der Waals surface area (Å²) in [6, 6.07) is 1.80. The molecule has 142 valence electrons. The highest BCUT2D eigenvalue weighted by atomic mass is 19.2. The van der Waals surface area contributed by atoms with E-state index in [0.717, 1.165) is 12.1 Å². The van der Waals surface area contributed by atoms with Gasteiger partial charge in [-0.15, -0.1) is 0 Å². The highest BCUT2D eigenvalue weighted by Crippen LogP contribution is 2.22. The maximum Gasteiger partial charge on any atom is 0.257 e. The number of nitrogens with one attached hydrogen (secondary N) is 1. The fourth-order valence-corrected chi connectivity index (χ4v) is 2.65. The van der Waals surface area contributed by atoms with Crippen LogP contribution in [0.15, 0.2) is 24.5 Å². The average molecular weight is 379 g/mol. The molecule has 0 spiro atoms. The summed E-state index contributed by atoms with van der Waals surface area (Å²) in [7, 11) is 0. The Labute approximate surface area is 152 Å². The van der Waals surface area contributed by atoms with Gasteiger partial charge in [0.15, 0.2) is 17.5 Å². The molecule has 0 aliphatic carbocycles. The molecule has 0 unspecified atom stereocenters. The van der Waals surface area contributed by atoms with Gasteiger partial charge in [0.2, 0.25) is 11.9 Å². The third-order valence-electron chi connectivity index (χ3n) is 4.19. The SMILES string of the molecule is CC(=O)N1CCN(C(=O)c2cnc(Nc3ccc(F)c(F)c3F)nc2)CC1. The molecule has 1 aliphatic rings. The number of carbonyl (C=O) groups excluding carboxylic acids is 2. The lowest BCUT2D eigenvalue weighted by atomic mass is 10.2. The van der Waals surface area contributed by atoms with E-state index in [4.69, 9.17) is 0 Å². The van der Waals surface area contributed by atoms with Crippen LogP contribution in [0, 0.1) is 17.5 Å². The average Bonchev–Trinajstić information content (AvgIpc) is 2.68. The minimum Gasteiger partial charge on any atom is -0.339 e. The Bertz CT molecular complexity index is 868. The number of piperazine rings is 1. The first-order valence-electron chi connectivity index (χ1n) is 8.14. The smallest absolute Gasteiger partial charge is 0.257 e. The molecular formula is C17H16F3N5O2. The fourth-order valence-electron chi connectivity index (χ4n) is 2.65. The summed E-state index contributed by atoms with van der Waals surface area (Å²) >= 11 is 0. The highest BCUT2D eigenvalue weighted by molar-refractivity contribution is 5.94. The third-order valence-corrected chi connectivity index (χ3v) is 4.19. The van der Waals surface area contributed by atoms with E-state index in [1.165, 1.54) is 19.3 Å². The zero-order valence-electron chi connectivity index (χ0n) is 14.4.